The summed E-state index contributed by atoms with van der Waals surface area (Å²) >= 11 is 0. The summed E-state index contributed by atoms with van der Waals surface area (Å²) in [7, 11) is 0. The summed E-state index contributed by atoms with van der Waals surface area (Å²) in [5.41, 5.74) is 6.34. The molecule has 2 bridgehead atoms. The van der Waals surface area contributed by atoms with Crippen molar-refractivity contribution in [1.29, 1.82) is 0 Å². The van der Waals surface area contributed by atoms with E-state index in [-0.39, 0.29) is 17.4 Å². The van der Waals surface area contributed by atoms with Crippen LogP contribution in [0, 0.1) is 11.3 Å². The third-order valence-corrected chi connectivity index (χ3v) is 6.22. The molecule has 1 heterocycles. The van der Waals surface area contributed by atoms with E-state index in [1.165, 1.54) is 0 Å². The summed E-state index contributed by atoms with van der Waals surface area (Å²) in [5.74, 6) is 0.471. The normalized spacial score (nSPS) is 31.4. The number of rotatable bonds is 4. The Hall–Kier alpha value is -2.08. The monoisotopic (exact) mass is 343 g/mol. The van der Waals surface area contributed by atoms with Crippen LogP contribution in [-0.2, 0) is 16.1 Å². The van der Waals surface area contributed by atoms with Crippen LogP contribution in [0.5, 0.6) is 0 Å². The molecule has 3 saturated carbocycles. The van der Waals surface area contributed by atoms with Crippen molar-refractivity contribution in [2.24, 2.45) is 17.1 Å². The topological polar surface area (TPSA) is 75.9 Å². The SMILES string of the molecule is NC(=O)C12CC(C1)C(N1CCN(C(=O)OCc3ccccc3)CC1)C2. The lowest BCUT2D eigenvalue weighted by molar-refractivity contribution is -0.131. The van der Waals surface area contributed by atoms with Crippen LogP contribution < -0.4 is 5.73 Å². The van der Waals surface area contributed by atoms with E-state index in [1.54, 1.807) is 4.90 Å². The standard InChI is InChI=1S/C19H25N3O3/c20-17(23)19-10-15(11-19)16(12-19)21-6-8-22(9-7-21)18(24)25-13-14-4-2-1-3-5-14/h1-5,15-16H,6-13H2,(H2,20,23). The van der Waals surface area contributed by atoms with Crippen LogP contribution in [-0.4, -0.2) is 54.0 Å². The first-order valence-electron chi connectivity index (χ1n) is 9.07. The molecule has 134 valence electrons. The first-order valence-corrected chi connectivity index (χ1v) is 9.07. The van der Waals surface area contributed by atoms with Crippen LogP contribution >= 0.6 is 0 Å². The lowest BCUT2D eigenvalue weighted by Gasteiger charge is -2.40. The minimum atomic E-state index is -0.243. The maximum atomic E-state index is 12.2. The van der Waals surface area contributed by atoms with E-state index in [2.05, 4.69) is 4.90 Å². The van der Waals surface area contributed by atoms with Crippen LogP contribution in [0.4, 0.5) is 4.79 Å². The Balaban J connectivity index is 1.25. The number of carbonyl (C=O) groups is 2. The second-order valence-electron chi connectivity index (χ2n) is 7.65. The van der Waals surface area contributed by atoms with Crippen LogP contribution in [0.25, 0.3) is 0 Å². The van der Waals surface area contributed by atoms with Gasteiger partial charge in [-0.1, -0.05) is 30.3 Å². The van der Waals surface area contributed by atoms with Gasteiger partial charge in [0.25, 0.3) is 0 Å². The molecular weight excluding hydrogens is 318 g/mol. The van der Waals surface area contributed by atoms with E-state index in [4.69, 9.17) is 10.5 Å². The number of hydrogen-bond donors (Lipinski definition) is 1. The lowest BCUT2D eigenvalue weighted by atomic mass is 9.69. The molecule has 3 aliphatic carbocycles. The molecule has 4 fully saturated rings. The number of nitrogens with two attached hydrogens (primary N) is 1. The highest BCUT2D eigenvalue weighted by molar-refractivity contribution is 5.83. The fourth-order valence-electron chi connectivity index (χ4n) is 4.73. The van der Waals surface area contributed by atoms with Gasteiger partial charge in [-0.05, 0) is 30.7 Å². The highest BCUT2D eigenvalue weighted by Gasteiger charge is 2.60. The lowest BCUT2D eigenvalue weighted by Crippen LogP contribution is -2.52. The molecule has 1 unspecified atom stereocenters. The zero-order chi connectivity index (χ0) is 17.4. The molecule has 2 amide bonds. The molecule has 1 atom stereocenters. The van der Waals surface area contributed by atoms with Gasteiger partial charge in [0.1, 0.15) is 6.61 Å². The van der Waals surface area contributed by atoms with Crippen molar-refractivity contribution >= 4 is 12.0 Å². The Labute approximate surface area is 147 Å². The molecule has 1 aromatic carbocycles. The second kappa shape index (κ2) is 6.33. The van der Waals surface area contributed by atoms with Crippen molar-refractivity contribution in [3.8, 4) is 0 Å². The molecular formula is C19H25N3O3. The number of fused-ring (bicyclic) bond motifs is 1. The number of hydrogen-bond acceptors (Lipinski definition) is 4. The minimum absolute atomic E-state index is 0.130. The Morgan fingerprint density at radius 3 is 2.36 bits per heavy atom. The predicted octanol–water partition coefficient (Wildman–Crippen LogP) is 1.59. The summed E-state index contributed by atoms with van der Waals surface area (Å²) in [6, 6.07) is 10.2. The third kappa shape index (κ3) is 2.99. The first kappa shape index (κ1) is 16.4. The van der Waals surface area contributed by atoms with Crippen LogP contribution in [0.15, 0.2) is 30.3 Å². The quantitative estimate of drug-likeness (QED) is 0.901. The smallest absolute Gasteiger partial charge is 0.410 e. The van der Waals surface area contributed by atoms with Gasteiger partial charge in [-0.2, -0.15) is 0 Å². The summed E-state index contributed by atoms with van der Waals surface area (Å²) < 4.78 is 5.41. The van der Waals surface area contributed by atoms with E-state index in [0.29, 0.717) is 31.7 Å². The van der Waals surface area contributed by atoms with Gasteiger partial charge >= 0.3 is 6.09 Å². The predicted molar refractivity (Wildman–Crippen MR) is 92.5 cm³/mol. The molecule has 0 spiro atoms. The summed E-state index contributed by atoms with van der Waals surface area (Å²) in [5, 5.41) is 0. The molecule has 5 rings (SSSR count). The first-order chi connectivity index (χ1) is 12.1. The molecule has 0 radical (unpaired) electrons. The molecule has 2 N–H and O–H groups in total. The summed E-state index contributed by atoms with van der Waals surface area (Å²) in [6.45, 7) is 3.36. The number of benzene rings is 1. The van der Waals surface area contributed by atoms with E-state index >= 15 is 0 Å². The molecule has 1 aliphatic heterocycles. The number of ether oxygens (including phenoxy) is 1. The maximum absolute atomic E-state index is 12.2. The van der Waals surface area contributed by atoms with Gasteiger partial charge < -0.3 is 15.4 Å². The Morgan fingerprint density at radius 2 is 1.76 bits per heavy atom. The highest BCUT2D eigenvalue weighted by Crippen LogP contribution is 2.60. The molecule has 1 aromatic rings. The van der Waals surface area contributed by atoms with Crippen molar-refractivity contribution in [1.82, 2.24) is 9.80 Å². The number of primary amides is 1. The fourth-order valence-corrected chi connectivity index (χ4v) is 4.73. The number of piperazine rings is 1. The van der Waals surface area contributed by atoms with Crippen molar-refractivity contribution in [3.05, 3.63) is 35.9 Å². The van der Waals surface area contributed by atoms with E-state index in [9.17, 15) is 9.59 Å². The number of nitrogens with zero attached hydrogens (tertiary/aromatic N) is 2. The van der Waals surface area contributed by atoms with Crippen molar-refractivity contribution in [2.75, 3.05) is 26.2 Å². The molecule has 25 heavy (non-hydrogen) atoms. The molecule has 1 saturated heterocycles. The number of carbonyl (C=O) groups excluding carboxylic acids is 2. The van der Waals surface area contributed by atoms with E-state index in [0.717, 1.165) is 37.9 Å². The van der Waals surface area contributed by atoms with Crippen molar-refractivity contribution in [2.45, 2.75) is 31.9 Å². The van der Waals surface area contributed by atoms with E-state index < -0.39 is 0 Å². The van der Waals surface area contributed by atoms with Gasteiger partial charge in [-0.15, -0.1) is 0 Å². The molecule has 6 nitrogen and oxygen atoms in total. The third-order valence-electron chi connectivity index (χ3n) is 6.22. The Bertz CT molecular complexity index is 649. The van der Waals surface area contributed by atoms with Gasteiger partial charge in [0, 0.05) is 32.2 Å². The van der Waals surface area contributed by atoms with Crippen molar-refractivity contribution in [3.63, 3.8) is 0 Å². The fraction of sp³-hybridized carbons (Fsp3) is 0.579. The average Bonchev–Trinajstić information content (AvgIpc) is 3.18. The van der Waals surface area contributed by atoms with Gasteiger partial charge in [0.2, 0.25) is 5.91 Å². The summed E-state index contributed by atoms with van der Waals surface area (Å²) in [6.07, 6.45) is 2.55. The van der Waals surface area contributed by atoms with Crippen LogP contribution in [0.3, 0.4) is 0 Å². The minimum Gasteiger partial charge on any atom is -0.445 e. The summed E-state index contributed by atoms with van der Waals surface area (Å²) in [4.78, 5) is 28.1. The van der Waals surface area contributed by atoms with Crippen LogP contribution in [0.1, 0.15) is 24.8 Å². The van der Waals surface area contributed by atoms with E-state index in [1.807, 2.05) is 30.3 Å². The Kier molecular flexibility index (Phi) is 4.15. The van der Waals surface area contributed by atoms with Gasteiger partial charge in [-0.25, -0.2) is 4.79 Å². The molecule has 4 aliphatic rings. The zero-order valence-corrected chi connectivity index (χ0v) is 14.4. The van der Waals surface area contributed by atoms with Crippen LogP contribution in [0.2, 0.25) is 0 Å². The zero-order valence-electron chi connectivity index (χ0n) is 14.4. The van der Waals surface area contributed by atoms with Gasteiger partial charge in [0.15, 0.2) is 0 Å². The van der Waals surface area contributed by atoms with Gasteiger partial charge in [-0.3, -0.25) is 9.69 Å². The molecule has 0 aromatic heterocycles. The highest BCUT2D eigenvalue weighted by atomic mass is 16.6. The average molecular weight is 343 g/mol. The largest absolute Gasteiger partial charge is 0.445 e. The van der Waals surface area contributed by atoms with Gasteiger partial charge in [0.05, 0.1) is 5.41 Å². The maximum Gasteiger partial charge on any atom is 0.410 e. The van der Waals surface area contributed by atoms with Crippen molar-refractivity contribution < 1.29 is 14.3 Å². The molecule has 6 heteroatoms. The Morgan fingerprint density at radius 1 is 1.08 bits per heavy atom. The number of amides is 2. The second-order valence-corrected chi connectivity index (χ2v) is 7.65.